The highest BCUT2D eigenvalue weighted by Crippen LogP contribution is 2.12. The first-order valence-electron chi connectivity index (χ1n) is 3.03. The molecule has 0 amide bonds. The Morgan fingerprint density at radius 2 is 2.50 bits per heavy atom. The van der Waals surface area contributed by atoms with Gasteiger partial charge in [-0.15, -0.1) is 4.36 Å². The Kier molecular flexibility index (Phi) is 1.92. The van der Waals surface area contributed by atoms with E-state index in [9.17, 15) is 4.21 Å². The van der Waals surface area contributed by atoms with Crippen LogP contribution in [-0.4, -0.2) is 27.9 Å². The van der Waals surface area contributed by atoms with Gasteiger partial charge in [0, 0.05) is 19.3 Å². The minimum atomic E-state index is -2.29. The Morgan fingerprint density at radius 3 is 2.90 bits per heavy atom. The van der Waals surface area contributed by atoms with E-state index < -0.39 is 9.92 Å². The number of rotatable bonds is 0. The lowest BCUT2D eigenvalue weighted by atomic mass is 10.5. The van der Waals surface area contributed by atoms with Gasteiger partial charge in [0.1, 0.15) is 9.92 Å². The first kappa shape index (κ1) is 7.51. The van der Waals surface area contributed by atoms with Crippen LogP contribution in [0.1, 0.15) is 6.42 Å². The SMILES string of the molecule is CN1CCCS1(=O)=NC#N. The molecule has 0 aliphatic carbocycles. The minimum absolute atomic E-state index is 0.539. The second-order valence-electron chi connectivity index (χ2n) is 2.21. The molecular formula is C5H9N3OS. The van der Waals surface area contributed by atoms with Gasteiger partial charge in [-0.05, 0) is 6.42 Å². The molecule has 0 N–H and O–H groups in total. The Hall–Kier alpha value is -0.600. The van der Waals surface area contributed by atoms with Crippen LogP contribution in [0.15, 0.2) is 4.36 Å². The lowest BCUT2D eigenvalue weighted by Crippen LogP contribution is -2.19. The molecule has 1 fully saturated rings. The molecule has 0 saturated carbocycles. The lowest BCUT2D eigenvalue weighted by molar-refractivity contribution is 0.554. The summed E-state index contributed by atoms with van der Waals surface area (Å²) in [5, 5.41) is 8.19. The highest BCUT2D eigenvalue weighted by Gasteiger charge is 2.22. The third kappa shape index (κ3) is 1.13. The van der Waals surface area contributed by atoms with Crippen molar-refractivity contribution in [1.82, 2.24) is 4.31 Å². The van der Waals surface area contributed by atoms with Crippen molar-refractivity contribution in [2.24, 2.45) is 4.36 Å². The van der Waals surface area contributed by atoms with Crippen molar-refractivity contribution < 1.29 is 4.21 Å². The van der Waals surface area contributed by atoms with E-state index in [0.717, 1.165) is 13.0 Å². The molecule has 0 aromatic carbocycles. The van der Waals surface area contributed by atoms with E-state index in [1.54, 1.807) is 17.5 Å². The predicted molar refractivity (Wildman–Crippen MR) is 38.3 cm³/mol. The van der Waals surface area contributed by atoms with Gasteiger partial charge in [0.15, 0.2) is 0 Å². The second-order valence-corrected chi connectivity index (χ2v) is 4.63. The van der Waals surface area contributed by atoms with E-state index in [-0.39, 0.29) is 0 Å². The summed E-state index contributed by atoms with van der Waals surface area (Å²) in [5.41, 5.74) is 0. The average molecular weight is 159 g/mol. The molecule has 0 aromatic rings. The fraction of sp³-hybridized carbons (Fsp3) is 0.800. The Bertz CT molecular complexity index is 271. The molecule has 1 heterocycles. The van der Waals surface area contributed by atoms with Crippen molar-refractivity contribution >= 4 is 9.92 Å². The highest BCUT2D eigenvalue weighted by atomic mass is 32.2. The summed E-state index contributed by atoms with van der Waals surface area (Å²) in [5.74, 6) is 0.539. The molecule has 0 spiro atoms. The molecule has 1 aliphatic rings. The van der Waals surface area contributed by atoms with Gasteiger partial charge in [0.05, 0.1) is 0 Å². The molecule has 1 aliphatic heterocycles. The van der Waals surface area contributed by atoms with Crippen LogP contribution < -0.4 is 0 Å². The number of nitriles is 1. The zero-order valence-electron chi connectivity index (χ0n) is 5.78. The summed E-state index contributed by atoms with van der Waals surface area (Å²) < 4.78 is 16.5. The molecule has 1 atom stereocenters. The van der Waals surface area contributed by atoms with Gasteiger partial charge in [-0.1, -0.05) is 0 Å². The van der Waals surface area contributed by atoms with Crippen molar-refractivity contribution in [1.29, 1.82) is 5.26 Å². The number of hydrogen-bond acceptors (Lipinski definition) is 3. The number of hydrogen-bond donors (Lipinski definition) is 0. The summed E-state index contributed by atoms with van der Waals surface area (Å²) in [6.07, 6.45) is 2.46. The fourth-order valence-corrected chi connectivity index (χ4v) is 2.54. The molecule has 1 unspecified atom stereocenters. The fourth-order valence-electron chi connectivity index (χ4n) is 0.953. The maximum atomic E-state index is 11.5. The molecule has 1 rings (SSSR count). The van der Waals surface area contributed by atoms with Gasteiger partial charge in [-0.25, -0.2) is 8.51 Å². The standard InChI is InChI=1S/C5H9N3OS/c1-8-3-2-4-10(8,9)7-5-6/h2-4H2,1H3. The molecule has 4 nitrogen and oxygen atoms in total. The van der Waals surface area contributed by atoms with Crippen molar-refractivity contribution in [2.75, 3.05) is 19.3 Å². The van der Waals surface area contributed by atoms with Crippen LogP contribution in [0.25, 0.3) is 0 Å². The minimum Gasteiger partial charge on any atom is -0.233 e. The molecular weight excluding hydrogens is 150 g/mol. The smallest absolute Gasteiger partial charge is 0.215 e. The van der Waals surface area contributed by atoms with E-state index in [1.165, 1.54) is 0 Å². The van der Waals surface area contributed by atoms with Gasteiger partial charge in [-0.2, -0.15) is 5.26 Å². The van der Waals surface area contributed by atoms with Gasteiger partial charge in [-0.3, -0.25) is 0 Å². The molecule has 0 bridgehead atoms. The van der Waals surface area contributed by atoms with Gasteiger partial charge < -0.3 is 0 Å². The molecule has 56 valence electrons. The summed E-state index contributed by atoms with van der Waals surface area (Å²) in [7, 11) is -0.553. The molecule has 0 aromatic heterocycles. The van der Waals surface area contributed by atoms with Crippen LogP contribution in [0.3, 0.4) is 0 Å². The summed E-state index contributed by atoms with van der Waals surface area (Å²) in [6, 6.07) is 0. The van der Waals surface area contributed by atoms with E-state index in [2.05, 4.69) is 4.36 Å². The molecule has 10 heavy (non-hydrogen) atoms. The van der Waals surface area contributed by atoms with Gasteiger partial charge in [0.25, 0.3) is 0 Å². The number of nitrogens with zero attached hydrogens (tertiary/aromatic N) is 3. The monoisotopic (exact) mass is 159 g/mol. The Labute approximate surface area is 60.8 Å². The third-order valence-electron chi connectivity index (χ3n) is 1.55. The zero-order chi connectivity index (χ0) is 7.61. The summed E-state index contributed by atoms with van der Waals surface area (Å²) in [4.78, 5) is 0. The average Bonchev–Trinajstić information content (AvgIpc) is 2.15. The quantitative estimate of drug-likeness (QED) is 0.474. The second kappa shape index (κ2) is 2.56. The Balaban J connectivity index is 3.01. The zero-order valence-corrected chi connectivity index (χ0v) is 6.60. The van der Waals surface area contributed by atoms with Crippen LogP contribution in [-0.2, 0) is 9.92 Å². The molecule has 1 saturated heterocycles. The first-order chi connectivity index (χ1) is 4.69. The Morgan fingerprint density at radius 1 is 1.80 bits per heavy atom. The summed E-state index contributed by atoms with van der Waals surface area (Å²) in [6.45, 7) is 0.782. The van der Waals surface area contributed by atoms with Crippen molar-refractivity contribution in [3.63, 3.8) is 0 Å². The maximum absolute atomic E-state index is 11.5. The van der Waals surface area contributed by atoms with E-state index in [1.807, 2.05) is 0 Å². The van der Waals surface area contributed by atoms with Crippen LogP contribution in [0.2, 0.25) is 0 Å². The largest absolute Gasteiger partial charge is 0.233 e. The third-order valence-corrected chi connectivity index (χ3v) is 3.90. The van der Waals surface area contributed by atoms with Crippen LogP contribution in [0, 0.1) is 11.5 Å². The van der Waals surface area contributed by atoms with Crippen molar-refractivity contribution in [3.8, 4) is 6.19 Å². The maximum Gasteiger partial charge on any atom is 0.215 e. The van der Waals surface area contributed by atoms with E-state index in [0.29, 0.717) is 5.75 Å². The predicted octanol–water partition coefficient (Wildman–Crippen LogP) is 0.186. The van der Waals surface area contributed by atoms with Gasteiger partial charge in [0.2, 0.25) is 6.19 Å². The van der Waals surface area contributed by atoms with Crippen LogP contribution >= 0.6 is 0 Å². The topological polar surface area (TPSA) is 56.5 Å². The normalized spacial score (nSPS) is 33.6. The lowest BCUT2D eigenvalue weighted by Gasteiger charge is -2.07. The van der Waals surface area contributed by atoms with Crippen LogP contribution in [0.5, 0.6) is 0 Å². The molecule has 5 heteroatoms. The van der Waals surface area contributed by atoms with Gasteiger partial charge >= 0.3 is 0 Å². The van der Waals surface area contributed by atoms with Crippen molar-refractivity contribution in [2.45, 2.75) is 6.42 Å². The first-order valence-corrected chi connectivity index (χ1v) is 4.67. The van der Waals surface area contributed by atoms with E-state index in [4.69, 9.17) is 5.26 Å². The highest BCUT2D eigenvalue weighted by molar-refractivity contribution is 7.91. The van der Waals surface area contributed by atoms with Crippen molar-refractivity contribution in [3.05, 3.63) is 0 Å². The van der Waals surface area contributed by atoms with Crippen LogP contribution in [0.4, 0.5) is 0 Å². The molecule has 0 radical (unpaired) electrons. The van der Waals surface area contributed by atoms with E-state index >= 15 is 0 Å². The summed E-state index contributed by atoms with van der Waals surface area (Å²) >= 11 is 0.